The normalized spacial score (nSPS) is 17.6. The van der Waals surface area contributed by atoms with Crippen molar-refractivity contribution in [1.82, 2.24) is 9.78 Å². The van der Waals surface area contributed by atoms with Crippen LogP contribution in [0.25, 0.3) is 0 Å². The van der Waals surface area contributed by atoms with E-state index in [2.05, 4.69) is 17.2 Å². The van der Waals surface area contributed by atoms with Crippen molar-refractivity contribution in [1.29, 1.82) is 0 Å². The fourth-order valence-electron chi connectivity index (χ4n) is 3.03. The van der Waals surface area contributed by atoms with Crippen LogP contribution in [0.4, 0.5) is 0 Å². The molecule has 128 valence electrons. The number of benzene rings is 1. The van der Waals surface area contributed by atoms with Gasteiger partial charge in [-0.3, -0.25) is 4.68 Å². The SMILES string of the molecule is CCc1c(C(=O)OCC2CCCCO2)cnn1Cc1ccccc1. The molecule has 2 heterocycles. The van der Waals surface area contributed by atoms with Crippen LogP contribution >= 0.6 is 0 Å². The van der Waals surface area contributed by atoms with Crippen molar-refractivity contribution in [3.63, 3.8) is 0 Å². The number of rotatable bonds is 6. The van der Waals surface area contributed by atoms with Crippen LogP contribution in [0.5, 0.6) is 0 Å². The molecule has 0 aliphatic carbocycles. The van der Waals surface area contributed by atoms with Gasteiger partial charge in [0.2, 0.25) is 0 Å². The lowest BCUT2D eigenvalue weighted by Crippen LogP contribution is -2.26. The average molecular weight is 328 g/mol. The molecule has 1 unspecified atom stereocenters. The minimum atomic E-state index is -0.305. The molecule has 1 aromatic carbocycles. The lowest BCUT2D eigenvalue weighted by molar-refractivity contribution is -0.0300. The van der Waals surface area contributed by atoms with Crippen LogP contribution < -0.4 is 0 Å². The molecule has 1 atom stereocenters. The fraction of sp³-hybridized carbons (Fsp3) is 0.474. The summed E-state index contributed by atoms with van der Waals surface area (Å²) in [6.45, 7) is 3.77. The minimum Gasteiger partial charge on any atom is -0.459 e. The molecule has 24 heavy (non-hydrogen) atoms. The molecule has 0 amide bonds. The topological polar surface area (TPSA) is 53.4 Å². The van der Waals surface area contributed by atoms with Gasteiger partial charge in [0.05, 0.1) is 24.5 Å². The highest BCUT2D eigenvalue weighted by atomic mass is 16.6. The first-order valence-corrected chi connectivity index (χ1v) is 8.65. The Labute approximate surface area is 142 Å². The third kappa shape index (κ3) is 4.03. The Hall–Kier alpha value is -2.14. The highest BCUT2D eigenvalue weighted by Gasteiger charge is 2.20. The Morgan fingerprint density at radius 1 is 1.33 bits per heavy atom. The Morgan fingerprint density at radius 3 is 2.88 bits per heavy atom. The van der Waals surface area contributed by atoms with Crippen molar-refractivity contribution in [2.24, 2.45) is 0 Å². The van der Waals surface area contributed by atoms with Gasteiger partial charge in [-0.2, -0.15) is 5.10 Å². The van der Waals surface area contributed by atoms with E-state index in [1.54, 1.807) is 6.20 Å². The first-order valence-electron chi connectivity index (χ1n) is 8.65. The third-order valence-corrected chi connectivity index (χ3v) is 4.35. The fourth-order valence-corrected chi connectivity index (χ4v) is 3.03. The standard InChI is InChI=1S/C19H24N2O3/c1-2-18-17(19(22)24-14-16-10-6-7-11-23-16)12-20-21(18)13-15-8-4-3-5-9-15/h3-5,8-9,12,16H,2,6-7,10-11,13-14H2,1H3. The van der Waals surface area contributed by atoms with E-state index in [-0.39, 0.29) is 12.1 Å². The van der Waals surface area contributed by atoms with Crippen LogP contribution in [-0.2, 0) is 22.4 Å². The second-order valence-electron chi connectivity index (χ2n) is 6.09. The molecule has 0 radical (unpaired) electrons. The van der Waals surface area contributed by atoms with Gasteiger partial charge in [0.15, 0.2) is 0 Å². The second-order valence-corrected chi connectivity index (χ2v) is 6.09. The predicted octanol–water partition coefficient (Wildman–Crippen LogP) is 3.22. The molecule has 1 aliphatic heterocycles. The number of carbonyl (C=O) groups is 1. The number of aromatic nitrogens is 2. The summed E-state index contributed by atoms with van der Waals surface area (Å²) in [7, 11) is 0. The molecule has 1 aliphatic rings. The summed E-state index contributed by atoms with van der Waals surface area (Å²) in [5.41, 5.74) is 2.63. The van der Waals surface area contributed by atoms with Gasteiger partial charge in [-0.25, -0.2) is 4.79 Å². The Balaban J connectivity index is 1.65. The maximum absolute atomic E-state index is 12.4. The number of esters is 1. The molecule has 0 N–H and O–H groups in total. The van der Waals surface area contributed by atoms with Crippen molar-refractivity contribution < 1.29 is 14.3 Å². The maximum atomic E-state index is 12.4. The Morgan fingerprint density at radius 2 is 2.17 bits per heavy atom. The zero-order chi connectivity index (χ0) is 16.8. The van der Waals surface area contributed by atoms with Crippen LogP contribution in [0.3, 0.4) is 0 Å². The van der Waals surface area contributed by atoms with Crippen LogP contribution in [0.15, 0.2) is 36.5 Å². The molecule has 2 aromatic rings. The molecule has 0 bridgehead atoms. The van der Waals surface area contributed by atoms with Gasteiger partial charge in [-0.15, -0.1) is 0 Å². The largest absolute Gasteiger partial charge is 0.459 e. The van der Waals surface area contributed by atoms with Crippen molar-refractivity contribution in [3.05, 3.63) is 53.3 Å². The predicted molar refractivity (Wildman–Crippen MR) is 91.0 cm³/mol. The van der Waals surface area contributed by atoms with Gasteiger partial charge >= 0.3 is 5.97 Å². The zero-order valence-corrected chi connectivity index (χ0v) is 14.1. The van der Waals surface area contributed by atoms with E-state index in [1.165, 1.54) is 0 Å². The molecule has 1 aromatic heterocycles. The summed E-state index contributed by atoms with van der Waals surface area (Å²) in [6.07, 6.45) is 5.57. The molecule has 5 heteroatoms. The van der Waals surface area contributed by atoms with Crippen LogP contribution in [0, 0.1) is 0 Å². The lowest BCUT2D eigenvalue weighted by atomic mass is 10.1. The summed E-state index contributed by atoms with van der Waals surface area (Å²) < 4.78 is 12.9. The van der Waals surface area contributed by atoms with Crippen molar-refractivity contribution >= 4 is 5.97 Å². The van der Waals surface area contributed by atoms with Gasteiger partial charge in [0, 0.05) is 6.61 Å². The summed E-state index contributed by atoms with van der Waals surface area (Å²) in [4.78, 5) is 12.4. The quantitative estimate of drug-likeness (QED) is 0.764. The highest BCUT2D eigenvalue weighted by molar-refractivity contribution is 5.90. The highest BCUT2D eigenvalue weighted by Crippen LogP contribution is 2.16. The average Bonchev–Trinajstić information content (AvgIpc) is 3.04. The summed E-state index contributed by atoms with van der Waals surface area (Å²) in [6, 6.07) is 10.1. The summed E-state index contributed by atoms with van der Waals surface area (Å²) in [5.74, 6) is -0.305. The number of hydrogen-bond acceptors (Lipinski definition) is 4. The minimum absolute atomic E-state index is 0.0344. The smallest absolute Gasteiger partial charge is 0.341 e. The van der Waals surface area contributed by atoms with Gasteiger partial charge in [0.25, 0.3) is 0 Å². The first-order chi connectivity index (χ1) is 11.8. The van der Waals surface area contributed by atoms with Crippen LogP contribution in [0.1, 0.15) is 47.8 Å². The van der Waals surface area contributed by atoms with E-state index in [1.807, 2.05) is 29.8 Å². The molecular formula is C19H24N2O3. The number of ether oxygens (including phenoxy) is 2. The maximum Gasteiger partial charge on any atom is 0.341 e. The third-order valence-electron chi connectivity index (χ3n) is 4.35. The van der Waals surface area contributed by atoms with Crippen molar-refractivity contribution in [2.45, 2.75) is 45.3 Å². The van der Waals surface area contributed by atoms with E-state index in [4.69, 9.17) is 9.47 Å². The first kappa shape index (κ1) is 16.7. The number of carbonyl (C=O) groups excluding carboxylic acids is 1. The monoisotopic (exact) mass is 328 g/mol. The van der Waals surface area contributed by atoms with Gasteiger partial charge in [-0.05, 0) is 31.2 Å². The summed E-state index contributed by atoms with van der Waals surface area (Å²) in [5, 5.41) is 4.38. The lowest BCUT2D eigenvalue weighted by Gasteiger charge is -2.22. The van der Waals surface area contributed by atoms with Gasteiger partial charge < -0.3 is 9.47 Å². The van der Waals surface area contributed by atoms with Crippen LogP contribution in [0.2, 0.25) is 0 Å². The van der Waals surface area contributed by atoms with Gasteiger partial charge in [-0.1, -0.05) is 37.3 Å². The number of hydrogen-bond donors (Lipinski definition) is 0. The molecule has 0 saturated carbocycles. The van der Waals surface area contributed by atoms with Gasteiger partial charge in [0.1, 0.15) is 12.2 Å². The van der Waals surface area contributed by atoms with Crippen LogP contribution in [-0.4, -0.2) is 35.1 Å². The zero-order valence-electron chi connectivity index (χ0n) is 14.1. The molecule has 3 rings (SSSR count). The summed E-state index contributed by atoms with van der Waals surface area (Å²) >= 11 is 0. The van der Waals surface area contributed by atoms with E-state index in [0.29, 0.717) is 18.7 Å². The van der Waals surface area contributed by atoms with E-state index in [0.717, 1.165) is 43.5 Å². The van der Waals surface area contributed by atoms with E-state index >= 15 is 0 Å². The molecule has 1 fully saturated rings. The Bertz CT molecular complexity index is 661. The second kappa shape index (κ2) is 8.11. The van der Waals surface area contributed by atoms with E-state index in [9.17, 15) is 4.79 Å². The molecule has 0 spiro atoms. The van der Waals surface area contributed by atoms with E-state index < -0.39 is 0 Å². The molecular weight excluding hydrogens is 304 g/mol. The molecule has 5 nitrogen and oxygen atoms in total. The Kier molecular flexibility index (Phi) is 5.64. The van der Waals surface area contributed by atoms with Crippen molar-refractivity contribution in [2.75, 3.05) is 13.2 Å². The van der Waals surface area contributed by atoms with Crippen molar-refractivity contribution in [3.8, 4) is 0 Å². The molecule has 1 saturated heterocycles. The number of nitrogens with zero attached hydrogens (tertiary/aromatic N) is 2.